The summed E-state index contributed by atoms with van der Waals surface area (Å²) in [5.74, 6) is -0.0698. The molecule has 0 amide bonds. The fourth-order valence-electron chi connectivity index (χ4n) is 4.67. The molecule has 0 saturated heterocycles. The number of hydrogen-bond donors (Lipinski definition) is 1. The van der Waals surface area contributed by atoms with E-state index in [2.05, 4.69) is 4.99 Å². The van der Waals surface area contributed by atoms with Gasteiger partial charge in [-0.2, -0.15) is 0 Å². The number of phenols is 1. The Balaban J connectivity index is 1.77. The molecule has 7 nitrogen and oxygen atoms in total. The van der Waals surface area contributed by atoms with E-state index in [1.165, 1.54) is 11.3 Å². The Kier molecular flexibility index (Phi) is 7.40. The Morgan fingerprint density at radius 2 is 1.92 bits per heavy atom. The average molecular weight is 640 g/mol. The predicted molar refractivity (Wildman–Crippen MR) is 156 cm³/mol. The van der Waals surface area contributed by atoms with Gasteiger partial charge < -0.3 is 14.6 Å². The van der Waals surface area contributed by atoms with E-state index in [9.17, 15) is 14.7 Å². The summed E-state index contributed by atoms with van der Waals surface area (Å²) in [6.45, 7) is 5.98. The maximum Gasteiger partial charge on any atom is 0.338 e. The van der Waals surface area contributed by atoms with Crippen LogP contribution in [0.25, 0.3) is 16.8 Å². The van der Waals surface area contributed by atoms with Gasteiger partial charge in [0.2, 0.25) is 0 Å². The molecule has 1 aliphatic heterocycles. The third-order valence-corrected chi connectivity index (χ3v) is 8.09. The summed E-state index contributed by atoms with van der Waals surface area (Å²) in [6.07, 6.45) is 1.76. The van der Waals surface area contributed by atoms with Crippen LogP contribution in [0.5, 0.6) is 11.5 Å². The van der Waals surface area contributed by atoms with Gasteiger partial charge in [-0.1, -0.05) is 53.8 Å². The Morgan fingerprint density at radius 1 is 1.16 bits per heavy atom. The molecule has 4 aromatic rings. The van der Waals surface area contributed by atoms with Crippen molar-refractivity contribution in [2.45, 2.75) is 26.8 Å². The van der Waals surface area contributed by atoms with Crippen LogP contribution in [0.1, 0.15) is 37.9 Å². The molecule has 3 aromatic carbocycles. The molecule has 1 aliphatic rings. The highest BCUT2D eigenvalue weighted by Gasteiger charge is 2.34. The van der Waals surface area contributed by atoms with E-state index in [1.54, 1.807) is 36.6 Å². The van der Waals surface area contributed by atoms with Crippen molar-refractivity contribution in [1.29, 1.82) is 0 Å². The molecule has 1 atom stereocenters. The lowest BCUT2D eigenvalue weighted by molar-refractivity contribution is -0.139. The van der Waals surface area contributed by atoms with Gasteiger partial charge in [0.25, 0.3) is 5.56 Å². The molecule has 5 rings (SSSR count). The second kappa shape index (κ2) is 10.7. The lowest BCUT2D eigenvalue weighted by Crippen LogP contribution is -2.40. The Hall–Kier alpha value is -3.44. The molecule has 194 valence electrons. The fraction of sp³-hybridized carbons (Fsp3) is 0.207. The standard InChI is InChI=1S/C29H25IN2O5S/c1-4-36-22-14-17(13-21(30)26(22)33)15-23-27(34)32-25(20-12-8-10-18-9-6-7-11-19(18)20)24(28(35)37-5-2)16(3)31-29(32)38-23/h6-15,25,33H,4-5H2,1-3H3/b23-15-/t25-/m0/s1. The quantitative estimate of drug-likeness (QED) is 0.245. The molecule has 1 N–H and O–H groups in total. The number of nitrogens with zero attached hydrogens (tertiary/aromatic N) is 2. The summed E-state index contributed by atoms with van der Waals surface area (Å²) in [5.41, 5.74) is 2.14. The van der Waals surface area contributed by atoms with Crippen LogP contribution in [-0.2, 0) is 9.53 Å². The minimum absolute atomic E-state index is 0.0664. The number of esters is 1. The molecular weight excluding hydrogens is 615 g/mol. The van der Waals surface area contributed by atoms with E-state index < -0.39 is 12.0 Å². The number of carbonyl (C=O) groups is 1. The monoisotopic (exact) mass is 640 g/mol. The molecule has 0 radical (unpaired) electrons. The number of allylic oxidation sites excluding steroid dienone is 1. The molecule has 2 heterocycles. The van der Waals surface area contributed by atoms with Gasteiger partial charge in [0.05, 0.1) is 38.6 Å². The fourth-order valence-corrected chi connectivity index (χ4v) is 6.34. The number of rotatable bonds is 6. The lowest BCUT2D eigenvalue weighted by atomic mass is 9.91. The van der Waals surface area contributed by atoms with Gasteiger partial charge in [-0.05, 0) is 83.5 Å². The van der Waals surface area contributed by atoms with Crippen LogP contribution < -0.4 is 19.6 Å². The third kappa shape index (κ3) is 4.64. The van der Waals surface area contributed by atoms with Gasteiger partial charge in [-0.3, -0.25) is 9.36 Å². The third-order valence-electron chi connectivity index (χ3n) is 6.28. The van der Waals surface area contributed by atoms with Crippen LogP contribution in [0.2, 0.25) is 0 Å². The summed E-state index contributed by atoms with van der Waals surface area (Å²) in [4.78, 5) is 32.3. The highest BCUT2D eigenvalue weighted by Crippen LogP contribution is 2.35. The van der Waals surface area contributed by atoms with Crippen LogP contribution >= 0.6 is 33.9 Å². The van der Waals surface area contributed by atoms with Gasteiger partial charge in [0, 0.05) is 0 Å². The number of thiazole rings is 1. The van der Waals surface area contributed by atoms with Gasteiger partial charge in [-0.25, -0.2) is 9.79 Å². The van der Waals surface area contributed by atoms with E-state index in [1.807, 2.05) is 72.0 Å². The topological polar surface area (TPSA) is 90.1 Å². The first-order valence-electron chi connectivity index (χ1n) is 12.2. The van der Waals surface area contributed by atoms with Crippen LogP contribution in [-0.4, -0.2) is 28.9 Å². The smallest absolute Gasteiger partial charge is 0.338 e. The van der Waals surface area contributed by atoms with Crippen molar-refractivity contribution in [3.63, 3.8) is 0 Å². The number of phenolic OH excluding ortho intramolecular Hbond substituents is 1. The average Bonchev–Trinajstić information content (AvgIpc) is 3.20. The van der Waals surface area contributed by atoms with Gasteiger partial charge in [0.15, 0.2) is 16.3 Å². The zero-order valence-electron chi connectivity index (χ0n) is 21.0. The van der Waals surface area contributed by atoms with Crippen molar-refractivity contribution in [3.8, 4) is 11.5 Å². The van der Waals surface area contributed by atoms with Crippen molar-refractivity contribution < 1.29 is 19.4 Å². The SMILES string of the molecule is CCOC(=O)C1=C(C)N=c2s/c(=C\c3cc(I)c(O)c(OCC)c3)c(=O)n2[C@H]1c1cccc2ccccc12. The maximum atomic E-state index is 14.0. The van der Waals surface area contributed by atoms with E-state index in [-0.39, 0.29) is 17.9 Å². The molecule has 0 aliphatic carbocycles. The van der Waals surface area contributed by atoms with E-state index >= 15 is 0 Å². The van der Waals surface area contributed by atoms with E-state index in [0.717, 1.165) is 16.3 Å². The number of benzene rings is 3. The van der Waals surface area contributed by atoms with Crippen molar-refractivity contribution in [3.05, 3.63) is 100 Å². The van der Waals surface area contributed by atoms with Crippen molar-refractivity contribution in [2.24, 2.45) is 4.99 Å². The zero-order valence-corrected chi connectivity index (χ0v) is 24.0. The Morgan fingerprint density at radius 3 is 2.68 bits per heavy atom. The molecule has 0 bridgehead atoms. The number of aromatic hydroxyl groups is 1. The molecule has 1 aromatic heterocycles. The highest BCUT2D eigenvalue weighted by atomic mass is 127. The minimum atomic E-state index is -0.697. The molecule has 38 heavy (non-hydrogen) atoms. The van der Waals surface area contributed by atoms with Crippen LogP contribution in [0.15, 0.2) is 75.7 Å². The van der Waals surface area contributed by atoms with Gasteiger partial charge >= 0.3 is 5.97 Å². The summed E-state index contributed by atoms with van der Waals surface area (Å²) in [5, 5.41) is 12.3. The number of ether oxygens (including phenoxy) is 2. The Bertz CT molecular complexity index is 1780. The summed E-state index contributed by atoms with van der Waals surface area (Å²) in [6, 6.07) is 16.6. The number of fused-ring (bicyclic) bond motifs is 2. The molecule has 9 heteroatoms. The number of hydrogen-bond acceptors (Lipinski definition) is 7. The lowest BCUT2D eigenvalue weighted by Gasteiger charge is -2.25. The second-order valence-electron chi connectivity index (χ2n) is 8.65. The molecule has 0 unspecified atom stereocenters. The van der Waals surface area contributed by atoms with Crippen LogP contribution in [0.3, 0.4) is 0 Å². The molecule has 0 saturated carbocycles. The zero-order chi connectivity index (χ0) is 27.0. The highest BCUT2D eigenvalue weighted by molar-refractivity contribution is 14.1. The molecular formula is C29H25IN2O5S. The van der Waals surface area contributed by atoms with Crippen LogP contribution in [0.4, 0.5) is 0 Å². The van der Waals surface area contributed by atoms with E-state index in [0.29, 0.717) is 42.1 Å². The first kappa shape index (κ1) is 26.2. The van der Waals surface area contributed by atoms with Crippen molar-refractivity contribution in [1.82, 2.24) is 4.57 Å². The van der Waals surface area contributed by atoms with Gasteiger partial charge in [0.1, 0.15) is 0 Å². The number of halogens is 1. The minimum Gasteiger partial charge on any atom is -0.504 e. The largest absolute Gasteiger partial charge is 0.504 e. The number of carbonyl (C=O) groups excluding carboxylic acids is 1. The molecule has 0 fully saturated rings. The molecule has 0 spiro atoms. The second-order valence-corrected chi connectivity index (χ2v) is 10.8. The summed E-state index contributed by atoms with van der Waals surface area (Å²) < 4.78 is 13.6. The van der Waals surface area contributed by atoms with Crippen molar-refractivity contribution >= 4 is 56.7 Å². The Labute approximate surface area is 236 Å². The number of aromatic nitrogens is 1. The normalized spacial score (nSPS) is 15.4. The van der Waals surface area contributed by atoms with Crippen LogP contribution in [0, 0.1) is 3.57 Å². The van der Waals surface area contributed by atoms with E-state index in [4.69, 9.17) is 9.47 Å². The van der Waals surface area contributed by atoms with Gasteiger partial charge in [-0.15, -0.1) is 0 Å². The predicted octanol–water partition coefficient (Wildman–Crippen LogP) is 4.66. The first-order chi connectivity index (χ1) is 18.3. The first-order valence-corrected chi connectivity index (χ1v) is 14.1. The maximum absolute atomic E-state index is 14.0. The van der Waals surface area contributed by atoms with Crippen molar-refractivity contribution in [2.75, 3.05) is 13.2 Å². The summed E-state index contributed by atoms with van der Waals surface area (Å²) in [7, 11) is 0. The summed E-state index contributed by atoms with van der Waals surface area (Å²) >= 11 is 3.29.